The summed E-state index contributed by atoms with van der Waals surface area (Å²) in [5.74, 6) is 0.336. The van der Waals surface area contributed by atoms with Crippen molar-refractivity contribution in [3.8, 4) is 5.75 Å². The molecule has 0 N–H and O–H groups in total. The van der Waals surface area contributed by atoms with Gasteiger partial charge in [-0.05, 0) is 52.8 Å². The van der Waals surface area contributed by atoms with Gasteiger partial charge in [0.2, 0.25) is 10.0 Å². The number of benzene rings is 1. The Kier molecular flexibility index (Phi) is 5.86. The van der Waals surface area contributed by atoms with E-state index in [2.05, 4.69) is 0 Å². The first-order valence-corrected chi connectivity index (χ1v) is 8.49. The SMILES string of the molecule is CCOc1ccc(Cl)cc1S(=O)(=O)N(C(C)C)C(C)C. The van der Waals surface area contributed by atoms with Crippen LogP contribution in [0, 0.1) is 0 Å². The fraction of sp³-hybridized carbons (Fsp3) is 0.571. The molecular weight excluding hydrogens is 298 g/mol. The maximum atomic E-state index is 12.9. The molecule has 114 valence electrons. The van der Waals surface area contributed by atoms with Gasteiger partial charge in [0.1, 0.15) is 10.6 Å². The highest BCUT2D eigenvalue weighted by molar-refractivity contribution is 7.89. The number of halogens is 1. The molecule has 0 saturated carbocycles. The van der Waals surface area contributed by atoms with Crippen LogP contribution in [-0.2, 0) is 10.0 Å². The lowest BCUT2D eigenvalue weighted by Gasteiger charge is -2.30. The lowest BCUT2D eigenvalue weighted by Crippen LogP contribution is -2.42. The van der Waals surface area contributed by atoms with Crippen LogP contribution in [-0.4, -0.2) is 31.4 Å². The molecule has 0 fully saturated rings. The van der Waals surface area contributed by atoms with Crippen LogP contribution in [0.4, 0.5) is 0 Å². The topological polar surface area (TPSA) is 46.6 Å². The Bertz CT molecular complexity index is 548. The summed E-state index contributed by atoms with van der Waals surface area (Å²) in [4.78, 5) is 0.120. The maximum Gasteiger partial charge on any atom is 0.247 e. The number of nitrogens with zero attached hydrogens (tertiary/aromatic N) is 1. The van der Waals surface area contributed by atoms with Crippen LogP contribution in [0.5, 0.6) is 5.75 Å². The van der Waals surface area contributed by atoms with Gasteiger partial charge in [0.25, 0.3) is 0 Å². The van der Waals surface area contributed by atoms with E-state index in [-0.39, 0.29) is 17.0 Å². The molecule has 0 amide bonds. The minimum Gasteiger partial charge on any atom is -0.492 e. The van der Waals surface area contributed by atoms with E-state index in [1.807, 2.05) is 34.6 Å². The molecular formula is C14H22ClNO3S. The molecule has 0 aliphatic heterocycles. The van der Waals surface area contributed by atoms with E-state index in [1.165, 1.54) is 10.4 Å². The van der Waals surface area contributed by atoms with Gasteiger partial charge in [0.05, 0.1) is 6.61 Å². The van der Waals surface area contributed by atoms with E-state index < -0.39 is 10.0 Å². The van der Waals surface area contributed by atoms with Gasteiger partial charge >= 0.3 is 0 Å². The van der Waals surface area contributed by atoms with Crippen molar-refractivity contribution in [1.29, 1.82) is 0 Å². The number of hydrogen-bond donors (Lipinski definition) is 0. The summed E-state index contributed by atoms with van der Waals surface area (Å²) in [6, 6.07) is 4.37. The highest BCUT2D eigenvalue weighted by atomic mass is 35.5. The minimum atomic E-state index is -3.65. The van der Waals surface area contributed by atoms with Crippen molar-refractivity contribution in [3.05, 3.63) is 23.2 Å². The van der Waals surface area contributed by atoms with Gasteiger partial charge in [0.15, 0.2) is 0 Å². The van der Waals surface area contributed by atoms with Crippen molar-refractivity contribution >= 4 is 21.6 Å². The Morgan fingerprint density at radius 1 is 1.20 bits per heavy atom. The molecule has 0 aliphatic carbocycles. The first kappa shape index (κ1) is 17.3. The van der Waals surface area contributed by atoms with Crippen molar-refractivity contribution in [1.82, 2.24) is 4.31 Å². The highest BCUT2D eigenvalue weighted by Gasteiger charge is 2.32. The molecule has 0 bridgehead atoms. The summed E-state index contributed by atoms with van der Waals surface area (Å²) in [5, 5.41) is 0.375. The molecule has 20 heavy (non-hydrogen) atoms. The zero-order chi connectivity index (χ0) is 15.5. The fourth-order valence-corrected chi connectivity index (χ4v) is 4.45. The van der Waals surface area contributed by atoms with Crippen molar-refractivity contribution in [3.63, 3.8) is 0 Å². The third kappa shape index (κ3) is 3.65. The molecule has 0 aromatic heterocycles. The lowest BCUT2D eigenvalue weighted by atomic mass is 10.3. The van der Waals surface area contributed by atoms with Crippen LogP contribution in [0.25, 0.3) is 0 Å². The molecule has 1 rings (SSSR count). The lowest BCUT2D eigenvalue weighted by molar-refractivity contribution is 0.296. The van der Waals surface area contributed by atoms with E-state index in [1.54, 1.807) is 12.1 Å². The Morgan fingerprint density at radius 3 is 2.20 bits per heavy atom. The molecule has 1 aromatic carbocycles. The van der Waals surface area contributed by atoms with Gasteiger partial charge < -0.3 is 4.74 Å². The summed E-state index contributed by atoms with van der Waals surface area (Å²) in [5.41, 5.74) is 0. The average molecular weight is 320 g/mol. The second kappa shape index (κ2) is 6.78. The minimum absolute atomic E-state index is 0.120. The van der Waals surface area contributed by atoms with Crippen LogP contribution in [0.1, 0.15) is 34.6 Å². The van der Waals surface area contributed by atoms with Crippen LogP contribution in [0.3, 0.4) is 0 Å². The van der Waals surface area contributed by atoms with Crippen LogP contribution in [0.15, 0.2) is 23.1 Å². The summed E-state index contributed by atoms with van der Waals surface area (Å²) in [6.45, 7) is 9.61. The van der Waals surface area contributed by atoms with Crippen molar-refractivity contribution in [2.75, 3.05) is 6.61 Å². The van der Waals surface area contributed by atoms with Gasteiger partial charge in [-0.15, -0.1) is 0 Å². The van der Waals surface area contributed by atoms with E-state index in [9.17, 15) is 8.42 Å². The first-order chi connectivity index (χ1) is 9.21. The molecule has 0 spiro atoms. The monoisotopic (exact) mass is 319 g/mol. The van der Waals surface area contributed by atoms with Crippen molar-refractivity contribution in [2.24, 2.45) is 0 Å². The molecule has 4 nitrogen and oxygen atoms in total. The first-order valence-electron chi connectivity index (χ1n) is 6.67. The van der Waals surface area contributed by atoms with Gasteiger partial charge in [-0.3, -0.25) is 0 Å². The zero-order valence-corrected chi connectivity index (χ0v) is 14.1. The van der Waals surface area contributed by atoms with Gasteiger partial charge in [0, 0.05) is 17.1 Å². The maximum absolute atomic E-state index is 12.9. The molecule has 0 aliphatic rings. The van der Waals surface area contributed by atoms with Crippen molar-refractivity contribution < 1.29 is 13.2 Å². The smallest absolute Gasteiger partial charge is 0.247 e. The van der Waals surface area contributed by atoms with Gasteiger partial charge in [-0.25, -0.2) is 8.42 Å². The van der Waals surface area contributed by atoms with E-state index in [0.29, 0.717) is 17.4 Å². The molecule has 0 unspecified atom stereocenters. The van der Waals surface area contributed by atoms with Crippen LogP contribution in [0.2, 0.25) is 5.02 Å². The van der Waals surface area contributed by atoms with E-state index in [4.69, 9.17) is 16.3 Å². The summed E-state index contributed by atoms with van der Waals surface area (Å²) in [7, 11) is -3.65. The normalized spacial score (nSPS) is 12.4. The van der Waals surface area contributed by atoms with Crippen LogP contribution >= 0.6 is 11.6 Å². The summed E-state index contributed by atoms with van der Waals surface area (Å²) in [6.07, 6.45) is 0. The molecule has 1 aromatic rings. The molecule has 0 atom stereocenters. The Labute approximate surface area is 126 Å². The number of hydrogen-bond acceptors (Lipinski definition) is 3. The zero-order valence-electron chi connectivity index (χ0n) is 12.6. The Balaban J connectivity index is 3.43. The largest absolute Gasteiger partial charge is 0.492 e. The summed E-state index contributed by atoms with van der Waals surface area (Å²) < 4.78 is 32.6. The van der Waals surface area contributed by atoms with Gasteiger partial charge in [-0.1, -0.05) is 11.6 Å². The second-order valence-electron chi connectivity index (χ2n) is 5.05. The molecule has 0 heterocycles. The molecule has 6 heteroatoms. The highest BCUT2D eigenvalue weighted by Crippen LogP contribution is 2.31. The molecule has 0 radical (unpaired) electrons. The Hall–Kier alpha value is -0.780. The predicted octanol–water partition coefficient (Wildman–Crippen LogP) is 3.55. The summed E-state index contributed by atoms with van der Waals surface area (Å²) >= 11 is 5.95. The average Bonchev–Trinajstić information content (AvgIpc) is 2.30. The van der Waals surface area contributed by atoms with Gasteiger partial charge in [-0.2, -0.15) is 4.31 Å². The van der Waals surface area contributed by atoms with Crippen LogP contribution < -0.4 is 4.74 Å². The second-order valence-corrected chi connectivity index (χ2v) is 7.29. The Morgan fingerprint density at radius 2 is 1.75 bits per heavy atom. The fourth-order valence-electron chi connectivity index (χ4n) is 2.22. The molecule has 0 saturated heterocycles. The third-order valence-corrected chi connectivity index (χ3v) is 5.29. The number of sulfonamides is 1. The third-order valence-electron chi connectivity index (χ3n) is 2.78. The van der Waals surface area contributed by atoms with Crippen molar-refractivity contribution in [2.45, 2.75) is 51.6 Å². The number of rotatable bonds is 6. The predicted molar refractivity (Wildman–Crippen MR) is 81.9 cm³/mol. The van der Waals surface area contributed by atoms with E-state index >= 15 is 0 Å². The van der Waals surface area contributed by atoms with E-state index in [0.717, 1.165) is 0 Å². The quantitative estimate of drug-likeness (QED) is 0.805. The standard InChI is InChI=1S/C14H22ClNO3S/c1-6-19-13-8-7-12(15)9-14(13)20(17,18)16(10(2)3)11(4)5/h7-11H,6H2,1-5H3. The number of ether oxygens (including phenoxy) is 1.